The summed E-state index contributed by atoms with van der Waals surface area (Å²) in [5.41, 5.74) is 0. The lowest BCUT2D eigenvalue weighted by atomic mass is 10.3. The van der Waals surface area contributed by atoms with E-state index in [1.54, 1.807) is 0 Å². The Morgan fingerprint density at radius 2 is 1.60 bits per heavy atom. The molecule has 4 nitrogen and oxygen atoms in total. The minimum absolute atomic E-state index is 0.458. The molecule has 2 saturated heterocycles. The SMILES string of the molecule is c1ccn(CN(CC2CO2)CC2CO2)c1. The lowest BCUT2D eigenvalue weighted by Gasteiger charge is -2.20. The van der Waals surface area contributed by atoms with E-state index in [4.69, 9.17) is 9.47 Å². The molecular formula is C11H16N2O2. The molecule has 2 aliphatic heterocycles. The van der Waals surface area contributed by atoms with E-state index < -0.39 is 0 Å². The number of rotatable bonds is 6. The van der Waals surface area contributed by atoms with Crippen molar-refractivity contribution in [1.29, 1.82) is 0 Å². The molecule has 0 spiro atoms. The molecule has 2 aliphatic rings. The maximum absolute atomic E-state index is 5.27. The van der Waals surface area contributed by atoms with E-state index in [2.05, 4.69) is 34.0 Å². The van der Waals surface area contributed by atoms with Gasteiger partial charge < -0.3 is 14.0 Å². The van der Waals surface area contributed by atoms with Gasteiger partial charge in [0.1, 0.15) is 0 Å². The predicted octanol–water partition coefficient (Wildman–Crippen LogP) is 0.545. The van der Waals surface area contributed by atoms with Crippen LogP contribution < -0.4 is 0 Å². The summed E-state index contributed by atoms with van der Waals surface area (Å²) < 4.78 is 12.7. The van der Waals surface area contributed by atoms with Gasteiger partial charge in [0.15, 0.2) is 0 Å². The molecule has 2 atom stereocenters. The Morgan fingerprint density at radius 1 is 1.07 bits per heavy atom. The second kappa shape index (κ2) is 3.96. The molecule has 1 aromatic heterocycles. The summed E-state index contributed by atoms with van der Waals surface area (Å²) in [4.78, 5) is 2.40. The molecule has 0 amide bonds. The molecule has 2 unspecified atom stereocenters. The third-order valence-electron chi connectivity index (χ3n) is 2.76. The van der Waals surface area contributed by atoms with Gasteiger partial charge in [0.05, 0.1) is 32.1 Å². The van der Waals surface area contributed by atoms with Crippen LogP contribution in [0.5, 0.6) is 0 Å². The van der Waals surface area contributed by atoms with Crippen LogP contribution in [0.1, 0.15) is 0 Å². The van der Waals surface area contributed by atoms with Crippen molar-refractivity contribution >= 4 is 0 Å². The molecule has 1 aromatic rings. The van der Waals surface area contributed by atoms with Crippen molar-refractivity contribution in [3.05, 3.63) is 24.5 Å². The molecule has 2 fully saturated rings. The molecular weight excluding hydrogens is 192 g/mol. The van der Waals surface area contributed by atoms with Crippen LogP contribution in [0.25, 0.3) is 0 Å². The van der Waals surface area contributed by atoms with Gasteiger partial charge in [0.2, 0.25) is 0 Å². The minimum Gasteiger partial charge on any atom is -0.372 e. The number of aromatic nitrogens is 1. The van der Waals surface area contributed by atoms with Crippen molar-refractivity contribution in [2.24, 2.45) is 0 Å². The second-order valence-electron chi connectivity index (χ2n) is 4.29. The Kier molecular flexibility index (Phi) is 2.48. The Hall–Kier alpha value is -0.840. The highest BCUT2D eigenvalue weighted by molar-refractivity contribution is 4.90. The van der Waals surface area contributed by atoms with E-state index in [0.29, 0.717) is 12.2 Å². The van der Waals surface area contributed by atoms with Crippen LogP contribution >= 0.6 is 0 Å². The molecule has 0 saturated carbocycles. The monoisotopic (exact) mass is 208 g/mol. The van der Waals surface area contributed by atoms with Gasteiger partial charge in [-0.05, 0) is 12.1 Å². The number of epoxide rings is 2. The summed E-state index contributed by atoms with van der Waals surface area (Å²) >= 11 is 0. The van der Waals surface area contributed by atoms with Crippen molar-refractivity contribution in [2.45, 2.75) is 18.9 Å². The fraction of sp³-hybridized carbons (Fsp3) is 0.636. The lowest BCUT2D eigenvalue weighted by molar-refractivity contribution is 0.180. The second-order valence-corrected chi connectivity index (χ2v) is 4.29. The van der Waals surface area contributed by atoms with Gasteiger partial charge in [0.25, 0.3) is 0 Å². The van der Waals surface area contributed by atoms with Crippen LogP contribution in [-0.2, 0) is 16.1 Å². The zero-order chi connectivity index (χ0) is 10.1. The van der Waals surface area contributed by atoms with E-state index in [9.17, 15) is 0 Å². The summed E-state index contributed by atoms with van der Waals surface area (Å²) in [6, 6.07) is 4.11. The van der Waals surface area contributed by atoms with Gasteiger partial charge in [-0.1, -0.05) is 0 Å². The van der Waals surface area contributed by atoms with Crippen LogP contribution in [0.2, 0.25) is 0 Å². The number of hydrogen-bond acceptors (Lipinski definition) is 3. The molecule has 3 heterocycles. The van der Waals surface area contributed by atoms with Crippen molar-refractivity contribution in [1.82, 2.24) is 9.47 Å². The smallest absolute Gasteiger partial charge is 0.0937 e. The first kappa shape index (κ1) is 9.39. The maximum atomic E-state index is 5.27. The third kappa shape index (κ3) is 2.81. The van der Waals surface area contributed by atoms with E-state index in [-0.39, 0.29) is 0 Å². The zero-order valence-electron chi connectivity index (χ0n) is 8.71. The van der Waals surface area contributed by atoms with E-state index >= 15 is 0 Å². The standard InChI is InChI=1S/C11H16N2O2/c1-2-4-12(3-1)9-13(5-10-7-14-10)6-11-8-15-11/h1-4,10-11H,5-9H2. The highest BCUT2D eigenvalue weighted by atomic mass is 16.6. The topological polar surface area (TPSA) is 33.2 Å². The molecule has 0 aliphatic carbocycles. The maximum Gasteiger partial charge on any atom is 0.0937 e. The van der Waals surface area contributed by atoms with E-state index in [1.807, 2.05) is 0 Å². The third-order valence-corrected chi connectivity index (χ3v) is 2.76. The minimum atomic E-state index is 0.458. The van der Waals surface area contributed by atoms with Crippen LogP contribution in [0.3, 0.4) is 0 Å². The largest absolute Gasteiger partial charge is 0.372 e. The van der Waals surface area contributed by atoms with Crippen molar-refractivity contribution in [3.8, 4) is 0 Å². The Bertz CT molecular complexity index is 290. The van der Waals surface area contributed by atoms with Gasteiger partial charge in [-0.25, -0.2) is 0 Å². The molecule has 15 heavy (non-hydrogen) atoms. The normalized spacial score (nSPS) is 28.3. The van der Waals surface area contributed by atoms with Crippen molar-refractivity contribution in [3.63, 3.8) is 0 Å². The average Bonchev–Trinajstić information content (AvgIpc) is 3.12. The summed E-state index contributed by atoms with van der Waals surface area (Å²) in [5.74, 6) is 0. The van der Waals surface area contributed by atoms with Crippen LogP contribution in [-0.4, -0.2) is 48.0 Å². The molecule has 0 radical (unpaired) electrons. The fourth-order valence-corrected chi connectivity index (χ4v) is 1.81. The molecule has 0 bridgehead atoms. The van der Waals surface area contributed by atoms with Gasteiger partial charge in [-0.3, -0.25) is 4.90 Å². The van der Waals surface area contributed by atoms with Crippen LogP contribution in [0.4, 0.5) is 0 Å². The molecule has 3 rings (SSSR count). The van der Waals surface area contributed by atoms with Crippen molar-refractivity contribution in [2.75, 3.05) is 26.3 Å². The van der Waals surface area contributed by atoms with Gasteiger partial charge in [0, 0.05) is 25.5 Å². The summed E-state index contributed by atoms with van der Waals surface area (Å²) in [5, 5.41) is 0. The molecule has 82 valence electrons. The van der Waals surface area contributed by atoms with Gasteiger partial charge >= 0.3 is 0 Å². The summed E-state index contributed by atoms with van der Waals surface area (Å²) in [6.45, 7) is 4.84. The average molecular weight is 208 g/mol. The number of nitrogens with zero attached hydrogens (tertiary/aromatic N) is 2. The van der Waals surface area contributed by atoms with Gasteiger partial charge in [-0.2, -0.15) is 0 Å². The lowest BCUT2D eigenvalue weighted by Crippen LogP contribution is -2.33. The Labute approximate surface area is 89.4 Å². The predicted molar refractivity (Wildman–Crippen MR) is 55.5 cm³/mol. The molecule has 4 heteroatoms. The van der Waals surface area contributed by atoms with Crippen molar-refractivity contribution < 1.29 is 9.47 Å². The first-order valence-electron chi connectivity index (χ1n) is 5.46. The van der Waals surface area contributed by atoms with E-state index in [0.717, 1.165) is 33.0 Å². The summed E-state index contributed by atoms with van der Waals surface area (Å²) in [7, 11) is 0. The zero-order valence-corrected chi connectivity index (χ0v) is 8.71. The van der Waals surface area contributed by atoms with Crippen LogP contribution in [0, 0.1) is 0 Å². The highest BCUT2D eigenvalue weighted by Gasteiger charge is 2.30. The Morgan fingerprint density at radius 3 is 2.07 bits per heavy atom. The quantitative estimate of drug-likeness (QED) is 0.640. The summed E-state index contributed by atoms with van der Waals surface area (Å²) in [6.07, 6.45) is 5.10. The first-order valence-corrected chi connectivity index (χ1v) is 5.46. The molecule has 0 aromatic carbocycles. The Balaban J connectivity index is 1.55. The molecule has 0 N–H and O–H groups in total. The van der Waals surface area contributed by atoms with Gasteiger partial charge in [-0.15, -0.1) is 0 Å². The van der Waals surface area contributed by atoms with E-state index in [1.165, 1.54) is 0 Å². The van der Waals surface area contributed by atoms with Crippen LogP contribution in [0.15, 0.2) is 24.5 Å². The highest BCUT2D eigenvalue weighted by Crippen LogP contribution is 2.16. The number of hydrogen-bond donors (Lipinski definition) is 0. The number of ether oxygens (including phenoxy) is 2. The first-order chi connectivity index (χ1) is 7.40. The fourth-order valence-electron chi connectivity index (χ4n) is 1.81.